The van der Waals surface area contributed by atoms with Gasteiger partial charge < -0.3 is 15.4 Å². The number of nitrogens with one attached hydrogen (secondary N) is 2. The van der Waals surface area contributed by atoms with Gasteiger partial charge in [0.05, 0.1) is 18.4 Å². The molecule has 8 heteroatoms. The molecule has 0 saturated carbocycles. The fraction of sp³-hybridized carbons (Fsp3) is 0.688. The summed E-state index contributed by atoms with van der Waals surface area (Å²) in [4.78, 5) is 25.6. The van der Waals surface area contributed by atoms with Crippen LogP contribution < -0.4 is 10.6 Å². The molecule has 134 valence electrons. The maximum atomic E-state index is 11.8. The summed E-state index contributed by atoms with van der Waals surface area (Å²) in [5.74, 6) is 0.0318. The van der Waals surface area contributed by atoms with Crippen LogP contribution in [0.25, 0.3) is 0 Å². The van der Waals surface area contributed by atoms with Gasteiger partial charge in [0.2, 0.25) is 5.91 Å². The normalized spacial score (nSPS) is 19.0. The molecule has 1 aliphatic heterocycles. The molecule has 1 saturated heterocycles. The van der Waals surface area contributed by atoms with Crippen LogP contribution in [-0.2, 0) is 29.7 Å². The van der Waals surface area contributed by atoms with E-state index in [1.807, 2.05) is 34.7 Å². The molecule has 1 atom stereocenters. The fourth-order valence-electron chi connectivity index (χ4n) is 2.69. The van der Waals surface area contributed by atoms with Crippen molar-refractivity contribution in [2.75, 3.05) is 13.1 Å². The van der Waals surface area contributed by atoms with Crippen LogP contribution in [0.1, 0.15) is 39.0 Å². The van der Waals surface area contributed by atoms with Gasteiger partial charge in [-0.1, -0.05) is 0 Å². The van der Waals surface area contributed by atoms with E-state index in [1.54, 1.807) is 10.9 Å². The molecule has 1 aromatic rings. The second-order valence-corrected chi connectivity index (χ2v) is 7.23. The highest BCUT2D eigenvalue weighted by atomic mass is 16.6. The van der Waals surface area contributed by atoms with Gasteiger partial charge in [0.25, 0.3) is 0 Å². The van der Waals surface area contributed by atoms with Crippen molar-refractivity contribution in [1.82, 2.24) is 25.3 Å². The highest BCUT2D eigenvalue weighted by molar-refractivity contribution is 5.79. The standard InChI is InChI=1S/C16H27N5O3/c1-11-8-21(10-14(22)19-11)9-13-12(7-18-20(13)5)6-17-15(23)24-16(2,3)4/h7,11H,6,8-10H2,1-5H3,(H,17,23)(H,19,22). The molecule has 0 spiro atoms. The topological polar surface area (TPSA) is 88.5 Å². The van der Waals surface area contributed by atoms with Gasteiger partial charge in [-0.15, -0.1) is 0 Å². The van der Waals surface area contributed by atoms with E-state index in [2.05, 4.69) is 20.6 Å². The number of ether oxygens (including phenoxy) is 1. The molecule has 2 rings (SSSR count). The molecular weight excluding hydrogens is 310 g/mol. The van der Waals surface area contributed by atoms with E-state index in [-0.39, 0.29) is 11.9 Å². The van der Waals surface area contributed by atoms with Crippen molar-refractivity contribution in [3.05, 3.63) is 17.5 Å². The molecule has 1 aromatic heterocycles. The number of aryl methyl sites for hydroxylation is 1. The second-order valence-electron chi connectivity index (χ2n) is 7.23. The first kappa shape index (κ1) is 18.3. The van der Waals surface area contributed by atoms with Gasteiger partial charge in [-0.05, 0) is 27.7 Å². The number of alkyl carbamates (subject to hydrolysis) is 1. The summed E-state index contributed by atoms with van der Waals surface area (Å²) in [6.07, 6.45) is 1.28. The van der Waals surface area contributed by atoms with Crippen molar-refractivity contribution >= 4 is 12.0 Å². The molecule has 0 radical (unpaired) electrons. The predicted molar refractivity (Wildman–Crippen MR) is 89.2 cm³/mol. The Hall–Kier alpha value is -2.09. The summed E-state index contributed by atoms with van der Waals surface area (Å²) in [5, 5.41) is 9.92. The van der Waals surface area contributed by atoms with Crippen LogP contribution in [-0.4, -0.2) is 51.4 Å². The Labute approximate surface area is 142 Å². The van der Waals surface area contributed by atoms with E-state index < -0.39 is 11.7 Å². The number of amides is 2. The lowest BCUT2D eigenvalue weighted by molar-refractivity contribution is -0.125. The van der Waals surface area contributed by atoms with Gasteiger partial charge >= 0.3 is 6.09 Å². The van der Waals surface area contributed by atoms with Crippen LogP contribution in [0.2, 0.25) is 0 Å². The molecular formula is C16H27N5O3. The van der Waals surface area contributed by atoms with Gasteiger partial charge in [0.1, 0.15) is 5.60 Å². The SMILES string of the molecule is CC1CN(Cc2c(CNC(=O)OC(C)(C)C)cnn2C)CC(=O)N1. The smallest absolute Gasteiger partial charge is 0.407 e. The molecule has 24 heavy (non-hydrogen) atoms. The predicted octanol–water partition coefficient (Wildman–Crippen LogP) is 0.765. The molecule has 1 unspecified atom stereocenters. The summed E-state index contributed by atoms with van der Waals surface area (Å²) in [7, 11) is 1.86. The average molecular weight is 337 g/mol. The zero-order valence-electron chi connectivity index (χ0n) is 15.0. The van der Waals surface area contributed by atoms with Crippen LogP contribution in [0.4, 0.5) is 4.79 Å². The third kappa shape index (κ3) is 5.23. The summed E-state index contributed by atoms with van der Waals surface area (Å²) >= 11 is 0. The van der Waals surface area contributed by atoms with Crippen molar-refractivity contribution in [1.29, 1.82) is 0 Å². The number of carbonyl (C=O) groups excluding carboxylic acids is 2. The first-order chi connectivity index (χ1) is 11.1. The fourth-order valence-corrected chi connectivity index (χ4v) is 2.69. The van der Waals surface area contributed by atoms with Gasteiger partial charge in [-0.25, -0.2) is 4.79 Å². The van der Waals surface area contributed by atoms with E-state index in [1.165, 1.54) is 0 Å². The Bertz CT molecular complexity index is 605. The third-order valence-corrected chi connectivity index (χ3v) is 3.65. The minimum atomic E-state index is -0.529. The number of nitrogens with zero attached hydrogens (tertiary/aromatic N) is 3. The molecule has 1 aliphatic rings. The summed E-state index contributed by atoms with van der Waals surface area (Å²) in [6, 6.07) is 0.128. The zero-order valence-corrected chi connectivity index (χ0v) is 15.0. The number of piperazine rings is 1. The molecule has 1 fully saturated rings. The largest absolute Gasteiger partial charge is 0.444 e. The summed E-state index contributed by atoms with van der Waals surface area (Å²) in [6.45, 7) is 9.57. The van der Waals surface area contributed by atoms with Crippen LogP contribution in [0.3, 0.4) is 0 Å². The molecule has 8 nitrogen and oxygen atoms in total. The lowest BCUT2D eigenvalue weighted by Gasteiger charge is -2.31. The van der Waals surface area contributed by atoms with E-state index in [4.69, 9.17) is 4.74 Å². The third-order valence-electron chi connectivity index (χ3n) is 3.65. The summed E-state index contributed by atoms with van der Waals surface area (Å²) < 4.78 is 7.02. The van der Waals surface area contributed by atoms with Crippen molar-refractivity contribution in [2.45, 2.75) is 52.4 Å². The highest BCUT2D eigenvalue weighted by Crippen LogP contribution is 2.13. The van der Waals surface area contributed by atoms with Gasteiger partial charge in [0.15, 0.2) is 0 Å². The van der Waals surface area contributed by atoms with Crippen LogP contribution >= 0.6 is 0 Å². The van der Waals surface area contributed by atoms with Gasteiger partial charge in [0, 0.05) is 38.3 Å². The summed E-state index contributed by atoms with van der Waals surface area (Å²) in [5.41, 5.74) is 1.37. The number of rotatable bonds is 4. The number of aromatic nitrogens is 2. The van der Waals surface area contributed by atoms with Gasteiger partial charge in [-0.2, -0.15) is 5.10 Å². The lowest BCUT2D eigenvalue weighted by Crippen LogP contribution is -2.52. The molecule has 0 aromatic carbocycles. The van der Waals surface area contributed by atoms with Crippen molar-refractivity contribution < 1.29 is 14.3 Å². The quantitative estimate of drug-likeness (QED) is 0.847. The maximum absolute atomic E-state index is 11.8. The van der Waals surface area contributed by atoms with E-state index in [0.29, 0.717) is 19.6 Å². The van der Waals surface area contributed by atoms with Crippen molar-refractivity contribution in [3.63, 3.8) is 0 Å². The maximum Gasteiger partial charge on any atom is 0.407 e. The molecule has 2 heterocycles. The lowest BCUT2D eigenvalue weighted by atomic mass is 10.2. The van der Waals surface area contributed by atoms with Crippen LogP contribution in [0, 0.1) is 0 Å². The first-order valence-electron chi connectivity index (χ1n) is 8.12. The number of hydrogen-bond acceptors (Lipinski definition) is 5. The van der Waals surface area contributed by atoms with E-state index in [9.17, 15) is 9.59 Å². The van der Waals surface area contributed by atoms with Gasteiger partial charge in [-0.3, -0.25) is 14.4 Å². The minimum absolute atomic E-state index is 0.0318. The Morgan fingerprint density at radius 3 is 2.83 bits per heavy atom. The second kappa shape index (κ2) is 7.21. The van der Waals surface area contributed by atoms with E-state index in [0.717, 1.165) is 17.8 Å². The van der Waals surface area contributed by atoms with Crippen LogP contribution in [0.15, 0.2) is 6.20 Å². The van der Waals surface area contributed by atoms with Crippen LogP contribution in [0.5, 0.6) is 0 Å². The average Bonchev–Trinajstić information content (AvgIpc) is 2.74. The molecule has 0 aliphatic carbocycles. The number of carbonyl (C=O) groups is 2. The zero-order chi connectivity index (χ0) is 17.9. The molecule has 2 amide bonds. The minimum Gasteiger partial charge on any atom is -0.444 e. The Morgan fingerprint density at radius 1 is 1.50 bits per heavy atom. The van der Waals surface area contributed by atoms with Crippen molar-refractivity contribution in [2.24, 2.45) is 7.05 Å². The Morgan fingerprint density at radius 2 is 2.21 bits per heavy atom. The number of hydrogen-bond donors (Lipinski definition) is 2. The molecule has 2 N–H and O–H groups in total. The van der Waals surface area contributed by atoms with Crippen molar-refractivity contribution in [3.8, 4) is 0 Å². The Balaban J connectivity index is 1.98. The monoisotopic (exact) mass is 337 g/mol. The Kier molecular flexibility index (Phi) is 5.48. The molecule has 0 bridgehead atoms. The first-order valence-corrected chi connectivity index (χ1v) is 8.12. The van der Waals surface area contributed by atoms with E-state index >= 15 is 0 Å². The highest BCUT2D eigenvalue weighted by Gasteiger charge is 2.23.